The molecule has 1 N–H and O–H groups in total. The third kappa shape index (κ3) is 2.83. The van der Waals surface area contributed by atoms with Gasteiger partial charge in [-0.2, -0.15) is 0 Å². The lowest BCUT2D eigenvalue weighted by Crippen LogP contribution is -1.92. The van der Waals surface area contributed by atoms with Gasteiger partial charge in [-0.3, -0.25) is 10.1 Å². The van der Waals surface area contributed by atoms with Crippen molar-refractivity contribution in [1.82, 2.24) is 0 Å². The van der Waals surface area contributed by atoms with Crippen LogP contribution in [0.4, 0.5) is 5.69 Å². The van der Waals surface area contributed by atoms with Gasteiger partial charge in [0.05, 0.1) is 15.0 Å². The van der Waals surface area contributed by atoms with E-state index in [0.29, 0.717) is 0 Å². The van der Waals surface area contributed by atoms with Crippen molar-refractivity contribution in [3.63, 3.8) is 0 Å². The van der Waals surface area contributed by atoms with E-state index in [0.717, 1.165) is 6.07 Å². The molecule has 4 nitrogen and oxygen atoms in total. The number of hydrogen-bond acceptors (Lipinski definition) is 3. The van der Waals surface area contributed by atoms with Crippen LogP contribution in [0.2, 0.25) is 10.0 Å². The Kier molecular flexibility index (Phi) is 3.92. The molecule has 0 atom stereocenters. The van der Waals surface area contributed by atoms with Crippen LogP contribution in [0.15, 0.2) is 12.1 Å². The van der Waals surface area contributed by atoms with E-state index in [9.17, 15) is 10.1 Å². The average Bonchev–Trinajstić information content (AvgIpc) is 2.19. The number of hydrogen-bond donors (Lipinski definition) is 1. The summed E-state index contributed by atoms with van der Waals surface area (Å²) in [5.74, 6) is 4.73. The van der Waals surface area contributed by atoms with Gasteiger partial charge in [-0.25, -0.2) is 0 Å². The van der Waals surface area contributed by atoms with E-state index in [2.05, 4.69) is 11.8 Å². The van der Waals surface area contributed by atoms with Crippen LogP contribution in [-0.2, 0) is 0 Å². The van der Waals surface area contributed by atoms with Crippen molar-refractivity contribution < 1.29 is 10.0 Å². The Labute approximate surface area is 95.6 Å². The molecule has 6 heteroatoms. The molecule has 0 aliphatic rings. The Morgan fingerprint density at radius 3 is 2.53 bits per heavy atom. The van der Waals surface area contributed by atoms with E-state index in [1.807, 2.05) is 0 Å². The number of nitrogens with zero attached hydrogens (tertiary/aromatic N) is 1. The molecule has 78 valence electrons. The van der Waals surface area contributed by atoms with Crippen LogP contribution in [0.5, 0.6) is 0 Å². The number of rotatable bonds is 1. The summed E-state index contributed by atoms with van der Waals surface area (Å²) in [4.78, 5) is 10.0. The molecule has 0 unspecified atom stereocenters. The molecule has 1 aromatic rings. The molecule has 0 spiro atoms. The van der Waals surface area contributed by atoms with Gasteiger partial charge >= 0.3 is 0 Å². The van der Waals surface area contributed by atoms with Crippen LogP contribution < -0.4 is 0 Å². The number of halogens is 2. The minimum atomic E-state index is -0.608. The summed E-state index contributed by atoms with van der Waals surface area (Å²) in [5.41, 5.74) is -0.103. The SMILES string of the molecule is O=[N+]([O-])c1cc(Cl)c(Cl)cc1C#CCO. The first-order valence-electron chi connectivity index (χ1n) is 3.79. The molecule has 0 fully saturated rings. The summed E-state index contributed by atoms with van der Waals surface area (Å²) in [6.45, 7) is -0.378. The molecule has 0 aliphatic carbocycles. The fraction of sp³-hybridized carbons (Fsp3) is 0.111. The van der Waals surface area contributed by atoms with Gasteiger partial charge in [0.2, 0.25) is 0 Å². The Balaban J connectivity index is 3.34. The van der Waals surface area contributed by atoms with E-state index in [1.165, 1.54) is 6.07 Å². The van der Waals surface area contributed by atoms with E-state index in [-0.39, 0.29) is 27.9 Å². The summed E-state index contributed by atoms with van der Waals surface area (Å²) in [6, 6.07) is 2.43. The normalized spacial score (nSPS) is 9.27. The lowest BCUT2D eigenvalue weighted by Gasteiger charge is -1.98. The largest absolute Gasteiger partial charge is 0.384 e. The van der Waals surface area contributed by atoms with Crippen molar-refractivity contribution >= 4 is 28.9 Å². The van der Waals surface area contributed by atoms with E-state index < -0.39 is 4.92 Å². The minimum absolute atomic E-state index is 0.0953. The van der Waals surface area contributed by atoms with Crippen molar-refractivity contribution in [2.75, 3.05) is 6.61 Å². The number of nitro benzene ring substituents is 1. The molecular weight excluding hydrogens is 241 g/mol. The second-order valence-electron chi connectivity index (χ2n) is 2.50. The van der Waals surface area contributed by atoms with E-state index in [1.54, 1.807) is 0 Å². The number of aliphatic hydroxyl groups excluding tert-OH is 1. The fourth-order valence-corrected chi connectivity index (χ4v) is 1.24. The fourth-order valence-electron chi connectivity index (χ4n) is 0.922. The van der Waals surface area contributed by atoms with Crippen LogP contribution >= 0.6 is 23.2 Å². The highest BCUT2D eigenvalue weighted by molar-refractivity contribution is 6.42. The molecule has 15 heavy (non-hydrogen) atoms. The molecule has 0 amide bonds. The van der Waals surface area contributed by atoms with Gasteiger partial charge < -0.3 is 5.11 Å². The quantitative estimate of drug-likeness (QED) is 0.469. The van der Waals surface area contributed by atoms with Gasteiger partial charge in [-0.05, 0) is 6.07 Å². The second kappa shape index (κ2) is 4.99. The average molecular weight is 246 g/mol. The predicted molar refractivity (Wildman–Crippen MR) is 57.1 cm³/mol. The van der Waals surface area contributed by atoms with Gasteiger partial charge in [0.15, 0.2) is 0 Å². The third-order valence-electron chi connectivity index (χ3n) is 1.54. The van der Waals surface area contributed by atoms with Crippen LogP contribution in [0, 0.1) is 22.0 Å². The molecule has 0 bridgehead atoms. The van der Waals surface area contributed by atoms with Crippen molar-refractivity contribution in [2.45, 2.75) is 0 Å². The van der Waals surface area contributed by atoms with Crippen molar-refractivity contribution in [2.24, 2.45) is 0 Å². The first-order chi connectivity index (χ1) is 7.06. The molecule has 0 aliphatic heterocycles. The molecule has 0 heterocycles. The van der Waals surface area contributed by atoms with Gasteiger partial charge in [-0.15, -0.1) is 0 Å². The number of nitro groups is 1. The standard InChI is InChI=1S/C9H5Cl2NO3/c10-7-4-6(2-1-3-13)9(12(14)15)5-8(7)11/h4-5,13H,3H2. The monoisotopic (exact) mass is 245 g/mol. The van der Waals surface area contributed by atoms with Crippen molar-refractivity contribution in [3.8, 4) is 11.8 Å². The zero-order valence-corrected chi connectivity index (χ0v) is 8.84. The third-order valence-corrected chi connectivity index (χ3v) is 2.26. The molecule has 0 saturated carbocycles. The number of benzene rings is 1. The van der Waals surface area contributed by atoms with E-state index >= 15 is 0 Å². The zero-order chi connectivity index (χ0) is 11.4. The maximum absolute atomic E-state index is 10.6. The Morgan fingerprint density at radius 1 is 1.40 bits per heavy atom. The second-order valence-corrected chi connectivity index (χ2v) is 3.31. The van der Waals surface area contributed by atoms with Crippen LogP contribution in [0.1, 0.15) is 5.56 Å². The summed E-state index contributed by atoms with van der Waals surface area (Å²) in [6.07, 6.45) is 0. The smallest absolute Gasteiger partial charge is 0.286 e. The maximum Gasteiger partial charge on any atom is 0.286 e. The summed E-state index contributed by atoms with van der Waals surface area (Å²) < 4.78 is 0. The molecular formula is C9H5Cl2NO3. The lowest BCUT2D eigenvalue weighted by atomic mass is 10.2. The summed E-state index contributed by atoms with van der Waals surface area (Å²) >= 11 is 11.3. The molecule has 0 saturated heterocycles. The highest BCUT2D eigenvalue weighted by Gasteiger charge is 2.15. The summed E-state index contributed by atoms with van der Waals surface area (Å²) in [5, 5.41) is 19.4. The van der Waals surface area contributed by atoms with Gasteiger partial charge in [0.25, 0.3) is 5.69 Å². The van der Waals surface area contributed by atoms with Crippen LogP contribution in [-0.4, -0.2) is 16.6 Å². The van der Waals surface area contributed by atoms with E-state index in [4.69, 9.17) is 28.3 Å². The molecule has 0 aromatic heterocycles. The maximum atomic E-state index is 10.6. The lowest BCUT2D eigenvalue weighted by molar-refractivity contribution is -0.385. The Morgan fingerprint density at radius 2 is 2.00 bits per heavy atom. The minimum Gasteiger partial charge on any atom is -0.384 e. The molecule has 1 aromatic carbocycles. The predicted octanol–water partition coefficient (Wildman–Crippen LogP) is 2.25. The highest BCUT2D eigenvalue weighted by Crippen LogP contribution is 2.29. The van der Waals surface area contributed by atoms with Crippen molar-refractivity contribution in [1.29, 1.82) is 0 Å². The van der Waals surface area contributed by atoms with Crippen molar-refractivity contribution in [3.05, 3.63) is 37.9 Å². The first-order valence-corrected chi connectivity index (χ1v) is 4.55. The topological polar surface area (TPSA) is 63.4 Å². The van der Waals surface area contributed by atoms with Crippen LogP contribution in [0.3, 0.4) is 0 Å². The molecule has 1 rings (SSSR count). The van der Waals surface area contributed by atoms with Gasteiger partial charge in [0.1, 0.15) is 12.2 Å². The summed E-state index contributed by atoms with van der Waals surface area (Å²) in [7, 11) is 0. The highest BCUT2D eigenvalue weighted by atomic mass is 35.5. The first kappa shape index (κ1) is 11.8. The number of aliphatic hydroxyl groups is 1. The van der Waals surface area contributed by atoms with Crippen LogP contribution in [0.25, 0.3) is 0 Å². The Hall–Kier alpha value is -1.28. The van der Waals surface area contributed by atoms with Gasteiger partial charge in [0, 0.05) is 6.07 Å². The van der Waals surface area contributed by atoms with Gasteiger partial charge in [-0.1, -0.05) is 35.0 Å². The Bertz CT molecular complexity index is 462. The molecule has 0 radical (unpaired) electrons. The zero-order valence-electron chi connectivity index (χ0n) is 7.33.